The number of carbonyl (C=O) groups is 1. The Kier molecular flexibility index (Phi) is 3.98. The summed E-state index contributed by atoms with van der Waals surface area (Å²) in [4.78, 5) is 26.3. The van der Waals surface area contributed by atoms with Crippen LogP contribution < -0.4 is 10.7 Å². The molecule has 0 aliphatic heterocycles. The van der Waals surface area contributed by atoms with E-state index in [1.807, 2.05) is 0 Å². The molecule has 20 heavy (non-hydrogen) atoms. The zero-order valence-corrected chi connectivity index (χ0v) is 11.3. The van der Waals surface area contributed by atoms with Gasteiger partial charge in [-0.1, -0.05) is 12.1 Å². The molecular weight excluding hydrogens is 259 g/mol. The molecule has 0 atom stereocenters. The molecule has 5 heteroatoms. The van der Waals surface area contributed by atoms with Crippen molar-refractivity contribution in [3.8, 4) is 0 Å². The fourth-order valence-electron chi connectivity index (χ4n) is 1.77. The monoisotopic (exact) mass is 274 g/mol. The number of aromatic amines is 1. The predicted molar refractivity (Wildman–Crippen MR) is 74.1 cm³/mol. The van der Waals surface area contributed by atoms with E-state index in [2.05, 4.69) is 10.3 Å². The van der Waals surface area contributed by atoms with Gasteiger partial charge < -0.3 is 10.3 Å². The van der Waals surface area contributed by atoms with Crippen LogP contribution in [-0.2, 0) is 6.54 Å². The van der Waals surface area contributed by atoms with E-state index in [-0.39, 0.29) is 23.4 Å². The average Bonchev–Trinajstić information content (AvgIpc) is 2.40. The van der Waals surface area contributed by atoms with Crippen LogP contribution >= 0.6 is 0 Å². The molecule has 0 saturated heterocycles. The molecule has 1 aromatic heterocycles. The van der Waals surface area contributed by atoms with E-state index in [0.717, 1.165) is 0 Å². The van der Waals surface area contributed by atoms with Gasteiger partial charge in [0, 0.05) is 24.5 Å². The zero-order chi connectivity index (χ0) is 14.7. The SMILES string of the molecule is Cc1cc(=O)c(C(=O)NCc2ccc(C)c(F)c2)c[nH]1. The van der Waals surface area contributed by atoms with E-state index >= 15 is 0 Å². The summed E-state index contributed by atoms with van der Waals surface area (Å²) in [6.07, 6.45) is 1.38. The minimum absolute atomic E-state index is 0.0446. The number of rotatable bonds is 3. The number of H-pyrrole nitrogens is 1. The summed E-state index contributed by atoms with van der Waals surface area (Å²) in [5, 5.41) is 2.60. The predicted octanol–water partition coefficient (Wildman–Crippen LogP) is 2.06. The summed E-state index contributed by atoms with van der Waals surface area (Å²) in [7, 11) is 0. The van der Waals surface area contributed by atoms with Gasteiger partial charge in [0.15, 0.2) is 5.43 Å². The number of aryl methyl sites for hydroxylation is 2. The Balaban J connectivity index is 2.08. The number of pyridine rings is 1. The number of carbonyl (C=O) groups excluding carboxylic acids is 1. The number of amides is 1. The Morgan fingerprint density at radius 3 is 2.70 bits per heavy atom. The molecule has 1 aromatic carbocycles. The van der Waals surface area contributed by atoms with Gasteiger partial charge in [-0.2, -0.15) is 0 Å². The lowest BCUT2D eigenvalue weighted by molar-refractivity contribution is 0.0949. The van der Waals surface area contributed by atoms with Crippen LogP contribution in [0.5, 0.6) is 0 Å². The van der Waals surface area contributed by atoms with Gasteiger partial charge in [0.25, 0.3) is 5.91 Å². The third-order valence-corrected chi connectivity index (χ3v) is 2.99. The van der Waals surface area contributed by atoms with Gasteiger partial charge in [-0.15, -0.1) is 0 Å². The van der Waals surface area contributed by atoms with E-state index in [9.17, 15) is 14.0 Å². The van der Waals surface area contributed by atoms with Crippen molar-refractivity contribution in [2.24, 2.45) is 0 Å². The van der Waals surface area contributed by atoms with Gasteiger partial charge in [0.2, 0.25) is 0 Å². The Morgan fingerprint density at radius 2 is 2.05 bits per heavy atom. The molecular formula is C15H15FN2O2. The maximum Gasteiger partial charge on any atom is 0.257 e. The number of benzene rings is 1. The molecule has 1 heterocycles. The molecule has 0 aliphatic carbocycles. The summed E-state index contributed by atoms with van der Waals surface area (Å²) in [6.45, 7) is 3.57. The molecule has 2 rings (SSSR count). The van der Waals surface area contributed by atoms with Gasteiger partial charge in [0.1, 0.15) is 11.4 Å². The second kappa shape index (κ2) is 5.69. The highest BCUT2D eigenvalue weighted by atomic mass is 19.1. The van der Waals surface area contributed by atoms with Gasteiger partial charge in [-0.25, -0.2) is 4.39 Å². The number of halogens is 1. The summed E-state index contributed by atoms with van der Waals surface area (Å²) < 4.78 is 13.4. The number of aromatic nitrogens is 1. The molecule has 4 nitrogen and oxygen atoms in total. The van der Waals surface area contributed by atoms with Crippen molar-refractivity contribution in [3.63, 3.8) is 0 Å². The number of nitrogens with one attached hydrogen (secondary N) is 2. The largest absolute Gasteiger partial charge is 0.364 e. The summed E-state index contributed by atoms with van der Waals surface area (Å²) in [5.74, 6) is -0.794. The molecule has 0 aliphatic rings. The molecule has 2 N–H and O–H groups in total. The van der Waals surface area contributed by atoms with Crippen LogP contribution in [0.3, 0.4) is 0 Å². The fourth-order valence-corrected chi connectivity index (χ4v) is 1.77. The summed E-state index contributed by atoms with van der Waals surface area (Å²) in [6, 6.07) is 6.11. The summed E-state index contributed by atoms with van der Waals surface area (Å²) in [5.41, 5.74) is 1.59. The Morgan fingerprint density at radius 1 is 1.30 bits per heavy atom. The van der Waals surface area contributed by atoms with E-state index in [1.54, 1.807) is 26.0 Å². The molecule has 1 amide bonds. The Hall–Kier alpha value is -2.43. The van der Waals surface area contributed by atoms with Crippen molar-refractivity contribution < 1.29 is 9.18 Å². The first-order chi connectivity index (χ1) is 9.47. The Labute approximate surface area is 115 Å². The lowest BCUT2D eigenvalue weighted by atomic mass is 10.1. The van der Waals surface area contributed by atoms with Crippen LogP contribution in [0.15, 0.2) is 35.3 Å². The number of hydrogen-bond donors (Lipinski definition) is 2. The second-order valence-corrected chi connectivity index (χ2v) is 4.66. The van der Waals surface area contributed by atoms with Crippen molar-refractivity contribution in [3.05, 3.63) is 68.9 Å². The topological polar surface area (TPSA) is 62.0 Å². The normalized spacial score (nSPS) is 10.3. The molecule has 0 spiro atoms. The minimum atomic E-state index is -0.479. The summed E-state index contributed by atoms with van der Waals surface area (Å²) >= 11 is 0. The Bertz CT molecular complexity index is 707. The highest BCUT2D eigenvalue weighted by molar-refractivity contribution is 5.93. The lowest BCUT2D eigenvalue weighted by Crippen LogP contribution is -2.28. The van der Waals surface area contributed by atoms with E-state index in [4.69, 9.17) is 0 Å². The first kappa shape index (κ1) is 14.0. The van der Waals surface area contributed by atoms with Crippen molar-refractivity contribution in [1.82, 2.24) is 10.3 Å². The molecule has 0 unspecified atom stereocenters. The number of hydrogen-bond acceptors (Lipinski definition) is 2. The standard InChI is InChI=1S/C15H15FN2O2/c1-9-3-4-11(6-13(9)16)7-18-15(20)12-8-17-10(2)5-14(12)19/h3-6,8H,7H2,1-2H3,(H,17,19)(H,18,20). The van der Waals surface area contributed by atoms with Crippen molar-refractivity contribution in [1.29, 1.82) is 0 Å². The second-order valence-electron chi connectivity index (χ2n) is 4.66. The van der Waals surface area contributed by atoms with Crippen LogP contribution in [0.1, 0.15) is 27.2 Å². The average molecular weight is 274 g/mol. The van der Waals surface area contributed by atoms with Crippen LogP contribution in [0.4, 0.5) is 4.39 Å². The van der Waals surface area contributed by atoms with Crippen LogP contribution in [0, 0.1) is 19.7 Å². The molecule has 0 bridgehead atoms. The highest BCUT2D eigenvalue weighted by Crippen LogP contribution is 2.09. The smallest absolute Gasteiger partial charge is 0.257 e. The molecule has 104 valence electrons. The first-order valence-electron chi connectivity index (χ1n) is 6.20. The van der Waals surface area contributed by atoms with Gasteiger partial charge in [-0.3, -0.25) is 9.59 Å². The molecule has 0 saturated carbocycles. The third kappa shape index (κ3) is 3.12. The maximum absolute atomic E-state index is 13.4. The van der Waals surface area contributed by atoms with Gasteiger partial charge >= 0.3 is 0 Å². The van der Waals surface area contributed by atoms with Crippen molar-refractivity contribution >= 4 is 5.91 Å². The zero-order valence-electron chi connectivity index (χ0n) is 11.3. The van der Waals surface area contributed by atoms with Gasteiger partial charge in [-0.05, 0) is 31.0 Å². The molecule has 2 aromatic rings. The quantitative estimate of drug-likeness (QED) is 0.900. The molecule has 0 fully saturated rings. The lowest BCUT2D eigenvalue weighted by Gasteiger charge is -2.06. The third-order valence-electron chi connectivity index (χ3n) is 2.99. The van der Waals surface area contributed by atoms with E-state index in [0.29, 0.717) is 16.8 Å². The van der Waals surface area contributed by atoms with Crippen molar-refractivity contribution in [2.45, 2.75) is 20.4 Å². The minimum Gasteiger partial charge on any atom is -0.364 e. The maximum atomic E-state index is 13.4. The van der Waals surface area contributed by atoms with E-state index < -0.39 is 5.91 Å². The molecule has 0 radical (unpaired) electrons. The highest BCUT2D eigenvalue weighted by Gasteiger charge is 2.10. The fraction of sp³-hybridized carbons (Fsp3) is 0.200. The van der Waals surface area contributed by atoms with Crippen LogP contribution in [-0.4, -0.2) is 10.9 Å². The van der Waals surface area contributed by atoms with Gasteiger partial charge in [0.05, 0.1) is 0 Å². The van der Waals surface area contributed by atoms with Crippen LogP contribution in [0.25, 0.3) is 0 Å². The van der Waals surface area contributed by atoms with Crippen molar-refractivity contribution in [2.75, 3.05) is 0 Å². The van der Waals surface area contributed by atoms with E-state index in [1.165, 1.54) is 18.3 Å². The van der Waals surface area contributed by atoms with Crippen LogP contribution in [0.2, 0.25) is 0 Å². The first-order valence-corrected chi connectivity index (χ1v) is 6.20.